The van der Waals surface area contributed by atoms with E-state index in [1.807, 2.05) is 0 Å². The molecule has 2 saturated carbocycles. The first kappa shape index (κ1) is 22.8. The van der Waals surface area contributed by atoms with Crippen LogP contribution in [0, 0.1) is 18.8 Å². The van der Waals surface area contributed by atoms with Gasteiger partial charge in [0.15, 0.2) is 17.0 Å². The number of fused-ring (bicyclic) bond motifs is 1. The van der Waals surface area contributed by atoms with E-state index >= 15 is 0 Å². The quantitative estimate of drug-likeness (QED) is 0.550. The topological polar surface area (TPSA) is 111 Å². The minimum absolute atomic E-state index is 0.00968. The lowest BCUT2D eigenvalue weighted by Crippen LogP contribution is -2.39. The van der Waals surface area contributed by atoms with Gasteiger partial charge in [0.25, 0.3) is 5.56 Å². The minimum Gasteiger partial charge on any atom is -0.410 e. The summed E-state index contributed by atoms with van der Waals surface area (Å²) in [5.74, 6) is 5.28. The number of benzene rings is 1. The first-order valence-corrected chi connectivity index (χ1v) is 11.0. The molecule has 0 bridgehead atoms. The number of halogens is 3. The van der Waals surface area contributed by atoms with Gasteiger partial charge in [-0.1, -0.05) is 12.0 Å². The lowest BCUT2D eigenvalue weighted by molar-refractivity contribution is -0.138. The van der Waals surface area contributed by atoms with Gasteiger partial charge in [0.05, 0.1) is 12.1 Å². The van der Waals surface area contributed by atoms with E-state index in [1.54, 1.807) is 4.57 Å². The fraction of sp³-hybridized carbons (Fsp3) is 0.391. The first-order chi connectivity index (χ1) is 16.6. The summed E-state index contributed by atoms with van der Waals surface area (Å²) in [4.78, 5) is 44.9. The van der Waals surface area contributed by atoms with Crippen molar-refractivity contribution >= 4 is 17.3 Å². The number of amides is 1. The largest absolute Gasteiger partial charge is 0.416 e. The number of H-pyrrole nitrogens is 1. The molecule has 2 fully saturated rings. The fourth-order valence-electron chi connectivity index (χ4n) is 3.89. The Bertz CT molecular complexity index is 1510. The second-order valence-corrected chi connectivity index (χ2v) is 8.55. The first-order valence-electron chi connectivity index (χ1n) is 11.0. The zero-order chi connectivity index (χ0) is 24.9. The lowest BCUT2D eigenvalue weighted by Gasteiger charge is -2.13. The Morgan fingerprint density at radius 1 is 1.20 bits per heavy atom. The SMILES string of the molecule is Cc1c(OC(=O)NCC#Cc2nc3c([nH]2)c(=O)n(C2CC2)c(=O)n3C2CC2)cccc1C(F)(F)F. The Labute approximate surface area is 195 Å². The van der Waals surface area contributed by atoms with Crippen LogP contribution in [0.1, 0.15) is 54.7 Å². The molecule has 0 atom stereocenters. The summed E-state index contributed by atoms with van der Waals surface area (Å²) in [5, 5.41) is 2.33. The number of nitrogens with one attached hydrogen (secondary N) is 2. The Morgan fingerprint density at radius 3 is 2.54 bits per heavy atom. The fourth-order valence-corrected chi connectivity index (χ4v) is 3.89. The smallest absolute Gasteiger partial charge is 0.410 e. The molecule has 2 N–H and O–H groups in total. The van der Waals surface area contributed by atoms with Crippen molar-refractivity contribution in [3.05, 3.63) is 56.0 Å². The van der Waals surface area contributed by atoms with Gasteiger partial charge in [-0.25, -0.2) is 14.6 Å². The van der Waals surface area contributed by atoms with Crippen LogP contribution >= 0.6 is 0 Å². The van der Waals surface area contributed by atoms with E-state index in [2.05, 4.69) is 27.1 Å². The number of hydrogen-bond acceptors (Lipinski definition) is 5. The predicted molar refractivity (Wildman–Crippen MR) is 118 cm³/mol. The number of aromatic amines is 1. The van der Waals surface area contributed by atoms with Gasteiger partial charge in [-0.05, 0) is 50.7 Å². The number of alkyl halides is 3. The van der Waals surface area contributed by atoms with Gasteiger partial charge in [0.2, 0.25) is 0 Å². The van der Waals surface area contributed by atoms with E-state index in [9.17, 15) is 27.6 Å². The Morgan fingerprint density at radius 2 is 1.89 bits per heavy atom. The average molecular weight is 487 g/mol. The number of aromatic nitrogens is 4. The molecule has 1 amide bonds. The molecule has 0 spiro atoms. The highest BCUT2D eigenvalue weighted by atomic mass is 19.4. The maximum absolute atomic E-state index is 13.0. The third-order valence-corrected chi connectivity index (χ3v) is 5.90. The highest BCUT2D eigenvalue weighted by Gasteiger charge is 2.35. The summed E-state index contributed by atoms with van der Waals surface area (Å²) >= 11 is 0. The molecule has 0 unspecified atom stereocenters. The van der Waals surface area contributed by atoms with E-state index in [-0.39, 0.29) is 52.6 Å². The third-order valence-electron chi connectivity index (χ3n) is 5.90. The second-order valence-electron chi connectivity index (χ2n) is 8.55. The highest BCUT2D eigenvalue weighted by molar-refractivity contribution is 5.72. The third kappa shape index (κ3) is 4.41. The van der Waals surface area contributed by atoms with Crippen molar-refractivity contribution in [2.24, 2.45) is 0 Å². The standard InChI is InChI=1S/C23H20F3N5O4/c1-12-15(23(24,25)26)4-2-5-16(12)35-21(33)27-11-3-6-17-28-18-19(29-17)30(13-7-8-13)22(34)31(20(18)32)14-9-10-14/h2,4-5,13-14H,7-11H2,1H3,(H,27,33)(H,28,29). The number of imidazole rings is 1. The van der Waals surface area contributed by atoms with Crippen LogP contribution in [-0.2, 0) is 6.18 Å². The molecule has 3 aromatic rings. The van der Waals surface area contributed by atoms with Crippen LogP contribution in [0.4, 0.5) is 18.0 Å². The van der Waals surface area contributed by atoms with Crippen LogP contribution in [0.3, 0.4) is 0 Å². The molecule has 0 aliphatic heterocycles. The van der Waals surface area contributed by atoms with Gasteiger partial charge in [0, 0.05) is 17.6 Å². The van der Waals surface area contributed by atoms with Gasteiger partial charge in [-0.3, -0.25) is 13.9 Å². The number of ether oxygens (including phenoxy) is 1. The van der Waals surface area contributed by atoms with Crippen molar-refractivity contribution in [3.63, 3.8) is 0 Å². The Hall–Kier alpha value is -4.01. The van der Waals surface area contributed by atoms with E-state index < -0.39 is 23.4 Å². The molecule has 1 aromatic carbocycles. The zero-order valence-corrected chi connectivity index (χ0v) is 18.5. The van der Waals surface area contributed by atoms with E-state index in [0.717, 1.165) is 37.8 Å². The van der Waals surface area contributed by atoms with Crippen molar-refractivity contribution in [3.8, 4) is 17.6 Å². The van der Waals surface area contributed by atoms with Gasteiger partial charge in [0.1, 0.15) is 5.75 Å². The Balaban J connectivity index is 1.31. The molecule has 35 heavy (non-hydrogen) atoms. The molecule has 182 valence electrons. The second kappa shape index (κ2) is 8.33. The Kier molecular flexibility index (Phi) is 5.42. The van der Waals surface area contributed by atoms with Gasteiger partial charge in [-0.2, -0.15) is 13.2 Å². The van der Waals surface area contributed by atoms with Crippen molar-refractivity contribution in [2.75, 3.05) is 6.54 Å². The number of rotatable bonds is 4. The number of carbonyl (C=O) groups is 1. The van der Waals surface area contributed by atoms with E-state index in [0.29, 0.717) is 0 Å². The maximum atomic E-state index is 13.0. The minimum atomic E-state index is -4.57. The summed E-state index contributed by atoms with van der Waals surface area (Å²) in [6.07, 6.45) is -2.29. The molecule has 2 heterocycles. The molecule has 2 aliphatic carbocycles. The maximum Gasteiger partial charge on any atom is 0.416 e. The molecule has 2 aliphatic rings. The molecule has 0 saturated heterocycles. The van der Waals surface area contributed by atoms with Crippen molar-refractivity contribution in [2.45, 2.75) is 50.9 Å². The van der Waals surface area contributed by atoms with Crippen molar-refractivity contribution < 1.29 is 22.7 Å². The molecule has 12 heteroatoms. The van der Waals surface area contributed by atoms with Gasteiger partial charge >= 0.3 is 18.0 Å². The van der Waals surface area contributed by atoms with Crippen LogP contribution < -0.4 is 21.3 Å². The average Bonchev–Trinajstić information content (AvgIpc) is 3.71. The molecule has 5 rings (SSSR count). The summed E-state index contributed by atoms with van der Waals surface area (Å²) < 4.78 is 46.8. The highest BCUT2D eigenvalue weighted by Crippen LogP contribution is 2.37. The number of hydrogen-bond donors (Lipinski definition) is 2. The predicted octanol–water partition coefficient (Wildman–Crippen LogP) is 3.02. The molecule has 2 aromatic heterocycles. The van der Waals surface area contributed by atoms with Crippen molar-refractivity contribution in [1.29, 1.82) is 0 Å². The number of nitrogens with zero attached hydrogens (tertiary/aromatic N) is 3. The monoisotopic (exact) mass is 487 g/mol. The van der Waals surface area contributed by atoms with Crippen LogP contribution in [-0.4, -0.2) is 31.7 Å². The van der Waals surface area contributed by atoms with Gasteiger partial charge < -0.3 is 15.0 Å². The number of carbonyl (C=O) groups excluding carboxylic acids is 1. The normalized spacial score (nSPS) is 15.5. The van der Waals surface area contributed by atoms with Crippen LogP contribution in [0.5, 0.6) is 5.75 Å². The van der Waals surface area contributed by atoms with E-state index in [1.165, 1.54) is 17.6 Å². The van der Waals surface area contributed by atoms with Crippen LogP contribution in [0.25, 0.3) is 11.2 Å². The van der Waals surface area contributed by atoms with Crippen molar-refractivity contribution in [1.82, 2.24) is 24.4 Å². The summed E-state index contributed by atoms with van der Waals surface area (Å²) in [6, 6.07) is 3.24. The summed E-state index contributed by atoms with van der Waals surface area (Å²) in [7, 11) is 0. The molecular formula is C23H20F3N5O4. The summed E-state index contributed by atoms with van der Waals surface area (Å²) in [5.41, 5.74) is -1.41. The molecular weight excluding hydrogens is 467 g/mol. The molecule has 0 radical (unpaired) electrons. The lowest BCUT2D eigenvalue weighted by atomic mass is 10.1. The van der Waals surface area contributed by atoms with Gasteiger partial charge in [-0.15, -0.1) is 0 Å². The molecule has 9 nitrogen and oxygen atoms in total. The summed E-state index contributed by atoms with van der Waals surface area (Å²) in [6.45, 7) is 1.03. The van der Waals surface area contributed by atoms with E-state index in [4.69, 9.17) is 4.74 Å². The van der Waals surface area contributed by atoms with Crippen LogP contribution in [0.15, 0.2) is 27.8 Å². The zero-order valence-electron chi connectivity index (χ0n) is 18.5. The van der Waals surface area contributed by atoms with Crippen LogP contribution in [0.2, 0.25) is 0 Å².